The van der Waals surface area contributed by atoms with Gasteiger partial charge in [-0.1, -0.05) is 12.1 Å². The van der Waals surface area contributed by atoms with Crippen LogP contribution < -0.4 is 10.6 Å². The Labute approximate surface area is 128 Å². The molecule has 2 aromatic rings. The lowest BCUT2D eigenvalue weighted by atomic mass is 10.2. The topological polar surface area (TPSA) is 67.2 Å². The van der Waals surface area contributed by atoms with Crippen molar-refractivity contribution in [1.82, 2.24) is 0 Å². The molecule has 0 spiro atoms. The molecule has 0 aliphatic rings. The second kappa shape index (κ2) is 6.32. The molecule has 0 aromatic heterocycles. The number of thiocarbonyl (C=S) groups is 1. The van der Waals surface area contributed by atoms with Gasteiger partial charge in [0.15, 0.2) is 5.11 Å². The average Bonchev–Trinajstić information content (AvgIpc) is 2.40. The number of rotatable bonds is 3. The molecule has 2 rings (SSSR count). The number of benzene rings is 2. The largest absolute Gasteiger partial charge is 0.332 e. The van der Waals surface area contributed by atoms with Gasteiger partial charge in [0.2, 0.25) is 0 Å². The molecule has 0 saturated heterocycles. The zero-order valence-electron chi connectivity index (χ0n) is 11.7. The summed E-state index contributed by atoms with van der Waals surface area (Å²) in [5.41, 5.74) is 3.60. The fourth-order valence-corrected chi connectivity index (χ4v) is 2.14. The maximum Gasteiger partial charge on any atom is 0.269 e. The van der Waals surface area contributed by atoms with E-state index >= 15 is 0 Å². The number of nitro groups is 1. The summed E-state index contributed by atoms with van der Waals surface area (Å²) in [5, 5.41) is 17.3. The Hall–Kier alpha value is -2.47. The summed E-state index contributed by atoms with van der Waals surface area (Å²) in [6, 6.07) is 12.5. The second-order valence-corrected chi connectivity index (χ2v) is 5.11. The van der Waals surface area contributed by atoms with Gasteiger partial charge in [0.1, 0.15) is 0 Å². The number of hydrogen-bond donors (Lipinski definition) is 2. The third kappa shape index (κ3) is 4.00. The minimum Gasteiger partial charge on any atom is -0.332 e. The molecule has 108 valence electrons. The summed E-state index contributed by atoms with van der Waals surface area (Å²) in [6.07, 6.45) is 0. The van der Waals surface area contributed by atoms with Crippen molar-refractivity contribution in [3.63, 3.8) is 0 Å². The van der Waals surface area contributed by atoms with E-state index in [0.717, 1.165) is 22.5 Å². The maximum absolute atomic E-state index is 10.7. The summed E-state index contributed by atoms with van der Waals surface area (Å²) in [4.78, 5) is 10.3. The van der Waals surface area contributed by atoms with Crippen molar-refractivity contribution in [2.75, 3.05) is 10.6 Å². The molecule has 0 atom stereocenters. The zero-order chi connectivity index (χ0) is 15.4. The van der Waals surface area contributed by atoms with Gasteiger partial charge in [-0.05, 0) is 55.4 Å². The van der Waals surface area contributed by atoms with Gasteiger partial charge in [-0.15, -0.1) is 0 Å². The molecule has 0 radical (unpaired) electrons. The number of non-ortho nitro benzene ring substituents is 1. The van der Waals surface area contributed by atoms with Crippen LogP contribution in [-0.4, -0.2) is 10.0 Å². The predicted octanol–water partition coefficient (Wildman–Crippen LogP) is 4.02. The van der Waals surface area contributed by atoms with E-state index in [-0.39, 0.29) is 5.69 Å². The van der Waals surface area contributed by atoms with Gasteiger partial charge >= 0.3 is 0 Å². The van der Waals surface area contributed by atoms with Crippen LogP contribution in [0.4, 0.5) is 17.1 Å². The SMILES string of the molecule is Cc1cccc(NC(=S)Nc2ccc([N+](=O)[O-])cc2C)c1. The normalized spacial score (nSPS) is 10.0. The molecule has 21 heavy (non-hydrogen) atoms. The Bertz CT molecular complexity index is 701. The summed E-state index contributed by atoms with van der Waals surface area (Å²) >= 11 is 5.25. The van der Waals surface area contributed by atoms with Gasteiger partial charge in [-0.2, -0.15) is 0 Å². The van der Waals surface area contributed by atoms with Crippen molar-refractivity contribution < 1.29 is 4.92 Å². The number of anilines is 2. The highest BCUT2D eigenvalue weighted by Gasteiger charge is 2.09. The summed E-state index contributed by atoms with van der Waals surface area (Å²) in [6.45, 7) is 3.80. The van der Waals surface area contributed by atoms with Gasteiger partial charge in [-0.3, -0.25) is 10.1 Å². The number of nitrogens with one attached hydrogen (secondary N) is 2. The van der Waals surface area contributed by atoms with Gasteiger partial charge in [0, 0.05) is 23.5 Å². The summed E-state index contributed by atoms with van der Waals surface area (Å²) in [5.74, 6) is 0. The Morgan fingerprint density at radius 2 is 1.90 bits per heavy atom. The number of nitro benzene ring substituents is 1. The van der Waals surface area contributed by atoms with Crippen LogP contribution in [0.2, 0.25) is 0 Å². The van der Waals surface area contributed by atoms with E-state index in [0.29, 0.717) is 5.11 Å². The standard InChI is InChI=1S/C15H15N3O2S/c1-10-4-3-5-12(8-10)16-15(21)17-14-7-6-13(18(19)20)9-11(14)2/h3-9H,1-2H3,(H2,16,17,21). The maximum atomic E-state index is 10.7. The predicted molar refractivity (Wildman–Crippen MR) is 88.9 cm³/mol. The Morgan fingerprint density at radius 3 is 2.52 bits per heavy atom. The lowest BCUT2D eigenvalue weighted by Crippen LogP contribution is -2.19. The van der Waals surface area contributed by atoms with E-state index in [1.807, 2.05) is 31.2 Å². The quantitative estimate of drug-likeness (QED) is 0.509. The molecule has 0 aliphatic heterocycles. The van der Waals surface area contributed by atoms with Crippen molar-refractivity contribution in [2.24, 2.45) is 0 Å². The molecule has 0 fully saturated rings. The smallest absolute Gasteiger partial charge is 0.269 e. The van der Waals surface area contributed by atoms with Crippen molar-refractivity contribution in [2.45, 2.75) is 13.8 Å². The average molecular weight is 301 g/mol. The van der Waals surface area contributed by atoms with Crippen LogP contribution in [0.3, 0.4) is 0 Å². The molecule has 0 amide bonds. The molecule has 2 aromatic carbocycles. The molecule has 2 N–H and O–H groups in total. The Balaban J connectivity index is 2.08. The zero-order valence-corrected chi connectivity index (χ0v) is 12.5. The first-order valence-electron chi connectivity index (χ1n) is 6.35. The van der Waals surface area contributed by atoms with E-state index in [9.17, 15) is 10.1 Å². The van der Waals surface area contributed by atoms with Gasteiger partial charge < -0.3 is 10.6 Å². The first kappa shape index (κ1) is 14.9. The van der Waals surface area contributed by atoms with Crippen molar-refractivity contribution in [3.05, 3.63) is 63.7 Å². The number of hydrogen-bond acceptors (Lipinski definition) is 3. The molecule has 0 bridgehead atoms. The van der Waals surface area contributed by atoms with Crippen molar-refractivity contribution in [3.8, 4) is 0 Å². The molecule has 5 nitrogen and oxygen atoms in total. The van der Waals surface area contributed by atoms with Gasteiger partial charge in [0.05, 0.1) is 4.92 Å². The van der Waals surface area contributed by atoms with Crippen LogP contribution in [-0.2, 0) is 0 Å². The minimum absolute atomic E-state index is 0.0654. The van der Waals surface area contributed by atoms with Crippen molar-refractivity contribution in [1.29, 1.82) is 0 Å². The van der Waals surface area contributed by atoms with E-state index < -0.39 is 4.92 Å². The molecular weight excluding hydrogens is 286 g/mol. The van der Waals surface area contributed by atoms with Crippen LogP contribution >= 0.6 is 12.2 Å². The lowest BCUT2D eigenvalue weighted by Gasteiger charge is -2.12. The lowest BCUT2D eigenvalue weighted by molar-refractivity contribution is -0.384. The fourth-order valence-electron chi connectivity index (χ4n) is 1.91. The van der Waals surface area contributed by atoms with Crippen LogP contribution in [0.25, 0.3) is 0 Å². The highest BCUT2D eigenvalue weighted by Crippen LogP contribution is 2.21. The van der Waals surface area contributed by atoms with E-state index in [1.54, 1.807) is 13.0 Å². The fraction of sp³-hybridized carbons (Fsp3) is 0.133. The number of nitrogens with zero attached hydrogens (tertiary/aromatic N) is 1. The first-order valence-corrected chi connectivity index (χ1v) is 6.76. The van der Waals surface area contributed by atoms with Crippen molar-refractivity contribution >= 4 is 34.4 Å². The van der Waals surface area contributed by atoms with Gasteiger partial charge in [0.25, 0.3) is 5.69 Å². The highest BCUT2D eigenvalue weighted by atomic mass is 32.1. The molecule has 0 saturated carbocycles. The monoisotopic (exact) mass is 301 g/mol. The Kier molecular flexibility index (Phi) is 4.49. The minimum atomic E-state index is -0.417. The van der Waals surface area contributed by atoms with Gasteiger partial charge in [-0.25, -0.2) is 0 Å². The third-order valence-corrected chi connectivity index (χ3v) is 3.15. The van der Waals surface area contributed by atoms with E-state index in [1.165, 1.54) is 12.1 Å². The molecule has 6 heteroatoms. The first-order chi connectivity index (χ1) is 9.95. The molecular formula is C15H15N3O2S. The van der Waals surface area contributed by atoms with Crippen LogP contribution in [0.1, 0.15) is 11.1 Å². The molecule has 0 aliphatic carbocycles. The summed E-state index contributed by atoms with van der Waals surface area (Å²) < 4.78 is 0. The third-order valence-electron chi connectivity index (χ3n) is 2.94. The second-order valence-electron chi connectivity index (χ2n) is 4.70. The van der Waals surface area contributed by atoms with E-state index in [4.69, 9.17) is 12.2 Å². The van der Waals surface area contributed by atoms with Crippen LogP contribution in [0.15, 0.2) is 42.5 Å². The highest BCUT2D eigenvalue weighted by molar-refractivity contribution is 7.80. The van der Waals surface area contributed by atoms with Crippen LogP contribution in [0.5, 0.6) is 0 Å². The molecule has 0 unspecified atom stereocenters. The summed E-state index contributed by atoms with van der Waals surface area (Å²) in [7, 11) is 0. The molecule has 0 heterocycles. The number of aryl methyl sites for hydroxylation is 2. The van der Waals surface area contributed by atoms with E-state index in [2.05, 4.69) is 10.6 Å². The Morgan fingerprint density at radius 1 is 1.14 bits per heavy atom. The van der Waals surface area contributed by atoms with Crippen LogP contribution in [0, 0.1) is 24.0 Å².